The lowest BCUT2D eigenvalue weighted by molar-refractivity contribution is -0.386. The summed E-state index contributed by atoms with van der Waals surface area (Å²) in [4.78, 5) is 46.3. The number of carbonyl (C=O) groups is 2. The Morgan fingerprint density at radius 3 is 2.38 bits per heavy atom. The van der Waals surface area contributed by atoms with Gasteiger partial charge in [0.05, 0.1) is 30.7 Å². The van der Waals surface area contributed by atoms with E-state index < -0.39 is 34.5 Å². The Balaban J connectivity index is 2.36. The third-order valence-electron chi connectivity index (χ3n) is 3.49. The zero-order valence-corrected chi connectivity index (χ0v) is 14.1. The van der Waals surface area contributed by atoms with Crippen LogP contribution in [-0.2, 0) is 11.3 Å². The van der Waals surface area contributed by atoms with E-state index in [1.165, 1.54) is 12.1 Å². The number of Topliss-reactive ketones (excluding diaryl/α,β-unsaturated/α-hetero) is 1. The fraction of sp³-hybridized carbons (Fsp3) is 0.235. The van der Waals surface area contributed by atoms with Crippen LogP contribution in [-0.4, -0.2) is 35.0 Å². The first-order valence-corrected chi connectivity index (χ1v) is 7.60. The Morgan fingerprint density at radius 2 is 1.85 bits per heavy atom. The largest absolute Gasteiger partial charge is 0.494 e. The topological polar surface area (TPSA) is 118 Å². The summed E-state index contributed by atoms with van der Waals surface area (Å²) in [6.07, 6.45) is 1.06. The van der Waals surface area contributed by atoms with E-state index in [4.69, 9.17) is 4.74 Å². The SMILES string of the molecule is CCOc1ccc(C(=O)Cn2cc(C(=O)OC)cc([N+](=O)[O-])c2=O)cc1. The number of benzene rings is 1. The minimum absolute atomic E-state index is 0.196. The van der Waals surface area contributed by atoms with Crippen molar-refractivity contribution in [1.29, 1.82) is 0 Å². The van der Waals surface area contributed by atoms with E-state index in [0.717, 1.165) is 23.9 Å². The van der Waals surface area contributed by atoms with Crippen molar-refractivity contribution >= 4 is 17.4 Å². The van der Waals surface area contributed by atoms with Crippen LogP contribution in [0.15, 0.2) is 41.3 Å². The van der Waals surface area contributed by atoms with Crippen LogP contribution in [0.25, 0.3) is 0 Å². The molecule has 2 aromatic rings. The van der Waals surface area contributed by atoms with Crippen LogP contribution in [0.5, 0.6) is 5.75 Å². The Bertz CT molecular complexity index is 900. The van der Waals surface area contributed by atoms with Crippen molar-refractivity contribution < 1.29 is 24.0 Å². The van der Waals surface area contributed by atoms with E-state index in [1.807, 2.05) is 6.92 Å². The highest BCUT2D eigenvalue weighted by Gasteiger charge is 2.21. The summed E-state index contributed by atoms with van der Waals surface area (Å²) in [6, 6.07) is 7.08. The van der Waals surface area contributed by atoms with Crippen LogP contribution < -0.4 is 10.3 Å². The summed E-state index contributed by atoms with van der Waals surface area (Å²) < 4.78 is 10.6. The van der Waals surface area contributed by atoms with Crippen molar-refractivity contribution in [3.8, 4) is 5.75 Å². The number of aromatic nitrogens is 1. The van der Waals surface area contributed by atoms with Gasteiger partial charge < -0.3 is 14.0 Å². The Morgan fingerprint density at radius 1 is 1.19 bits per heavy atom. The molecule has 2 rings (SSSR count). The number of nitro groups is 1. The zero-order valence-electron chi connectivity index (χ0n) is 14.1. The Labute approximate surface area is 147 Å². The van der Waals surface area contributed by atoms with E-state index in [2.05, 4.69) is 4.74 Å². The lowest BCUT2D eigenvalue weighted by Crippen LogP contribution is -2.27. The predicted octanol–water partition coefficient (Wildman–Crippen LogP) is 1.82. The summed E-state index contributed by atoms with van der Waals surface area (Å²) in [6.45, 7) is 1.85. The van der Waals surface area contributed by atoms with Crippen molar-refractivity contribution in [2.45, 2.75) is 13.5 Å². The number of pyridine rings is 1. The first kappa shape index (κ1) is 18.8. The first-order chi connectivity index (χ1) is 12.4. The average Bonchev–Trinajstić information content (AvgIpc) is 2.63. The second-order valence-electron chi connectivity index (χ2n) is 5.18. The molecule has 0 saturated carbocycles. The quantitative estimate of drug-likeness (QED) is 0.320. The maximum Gasteiger partial charge on any atom is 0.339 e. The molecule has 0 atom stereocenters. The van der Waals surface area contributed by atoms with Gasteiger partial charge in [-0.05, 0) is 31.2 Å². The lowest BCUT2D eigenvalue weighted by atomic mass is 10.1. The fourth-order valence-electron chi connectivity index (χ4n) is 2.25. The van der Waals surface area contributed by atoms with E-state index in [0.29, 0.717) is 17.9 Å². The highest BCUT2D eigenvalue weighted by Crippen LogP contribution is 2.14. The van der Waals surface area contributed by atoms with E-state index >= 15 is 0 Å². The van der Waals surface area contributed by atoms with Gasteiger partial charge in [-0.3, -0.25) is 19.7 Å². The van der Waals surface area contributed by atoms with Crippen LogP contribution in [0.4, 0.5) is 5.69 Å². The Kier molecular flexibility index (Phi) is 5.84. The van der Waals surface area contributed by atoms with Gasteiger partial charge in [0, 0.05) is 17.8 Å². The number of ether oxygens (including phenoxy) is 2. The molecule has 0 spiro atoms. The number of hydrogen-bond acceptors (Lipinski definition) is 7. The van der Waals surface area contributed by atoms with Gasteiger partial charge in [-0.25, -0.2) is 4.79 Å². The molecule has 0 amide bonds. The van der Waals surface area contributed by atoms with Gasteiger partial charge in [0.1, 0.15) is 5.75 Å². The molecule has 0 fully saturated rings. The molecule has 0 aliphatic rings. The monoisotopic (exact) mass is 360 g/mol. The van der Waals surface area contributed by atoms with Gasteiger partial charge in [0.2, 0.25) is 0 Å². The molecule has 9 nitrogen and oxygen atoms in total. The third kappa shape index (κ3) is 4.12. The molecule has 9 heteroatoms. The number of rotatable bonds is 7. The molecular formula is C17H16N2O7. The molecule has 1 aromatic carbocycles. The van der Waals surface area contributed by atoms with Crippen molar-refractivity contribution in [2.24, 2.45) is 0 Å². The summed E-state index contributed by atoms with van der Waals surface area (Å²) in [5, 5.41) is 11.0. The molecule has 0 aliphatic carbocycles. The van der Waals surface area contributed by atoms with E-state index in [1.54, 1.807) is 12.1 Å². The van der Waals surface area contributed by atoms with Gasteiger partial charge in [-0.1, -0.05) is 0 Å². The van der Waals surface area contributed by atoms with Crippen molar-refractivity contribution in [3.63, 3.8) is 0 Å². The smallest absolute Gasteiger partial charge is 0.339 e. The molecule has 0 bridgehead atoms. The number of hydrogen-bond donors (Lipinski definition) is 0. The van der Waals surface area contributed by atoms with Gasteiger partial charge in [-0.15, -0.1) is 0 Å². The molecule has 0 aliphatic heterocycles. The summed E-state index contributed by atoms with van der Waals surface area (Å²) in [7, 11) is 1.11. The molecule has 0 saturated heterocycles. The molecule has 136 valence electrons. The maximum atomic E-state index is 12.4. The third-order valence-corrected chi connectivity index (χ3v) is 3.49. The standard InChI is InChI=1S/C17H16N2O7/c1-3-26-13-6-4-11(5-7-13)15(20)10-18-9-12(17(22)25-2)8-14(16(18)21)19(23)24/h4-9H,3,10H2,1-2H3. The highest BCUT2D eigenvalue weighted by atomic mass is 16.6. The molecule has 1 aromatic heterocycles. The number of methoxy groups -OCH3 is 1. The predicted molar refractivity (Wildman–Crippen MR) is 90.6 cm³/mol. The summed E-state index contributed by atoms with van der Waals surface area (Å²) >= 11 is 0. The van der Waals surface area contributed by atoms with Crippen LogP contribution in [0.3, 0.4) is 0 Å². The summed E-state index contributed by atoms with van der Waals surface area (Å²) in [5.74, 6) is -0.716. The lowest BCUT2D eigenvalue weighted by Gasteiger charge is -2.08. The van der Waals surface area contributed by atoms with Crippen LogP contribution in [0.1, 0.15) is 27.6 Å². The second-order valence-corrected chi connectivity index (χ2v) is 5.18. The van der Waals surface area contributed by atoms with E-state index in [-0.39, 0.29) is 5.56 Å². The van der Waals surface area contributed by atoms with Crippen molar-refractivity contribution in [3.05, 3.63) is 68.1 Å². The minimum Gasteiger partial charge on any atom is -0.494 e. The van der Waals surface area contributed by atoms with E-state index in [9.17, 15) is 24.5 Å². The Hall–Kier alpha value is -3.49. The minimum atomic E-state index is -0.984. The zero-order chi connectivity index (χ0) is 19.3. The number of esters is 1. The van der Waals surface area contributed by atoms with Crippen LogP contribution in [0.2, 0.25) is 0 Å². The van der Waals surface area contributed by atoms with Crippen molar-refractivity contribution in [2.75, 3.05) is 13.7 Å². The van der Waals surface area contributed by atoms with Gasteiger partial charge in [-0.2, -0.15) is 0 Å². The van der Waals surface area contributed by atoms with Crippen LogP contribution >= 0.6 is 0 Å². The maximum absolute atomic E-state index is 12.4. The van der Waals surface area contributed by atoms with Gasteiger partial charge >= 0.3 is 17.2 Å². The molecule has 0 unspecified atom stereocenters. The molecular weight excluding hydrogens is 344 g/mol. The number of ketones is 1. The van der Waals surface area contributed by atoms with Crippen molar-refractivity contribution in [1.82, 2.24) is 4.57 Å². The highest BCUT2D eigenvalue weighted by molar-refractivity contribution is 5.96. The number of carbonyl (C=O) groups excluding carboxylic acids is 2. The molecule has 26 heavy (non-hydrogen) atoms. The van der Waals surface area contributed by atoms with Gasteiger partial charge in [0.25, 0.3) is 0 Å². The molecule has 1 heterocycles. The average molecular weight is 360 g/mol. The normalized spacial score (nSPS) is 10.2. The summed E-state index contributed by atoms with van der Waals surface area (Å²) in [5.41, 5.74) is -1.70. The number of nitrogens with zero attached hydrogens (tertiary/aromatic N) is 2. The molecule has 0 radical (unpaired) electrons. The van der Waals surface area contributed by atoms with Gasteiger partial charge in [0.15, 0.2) is 5.78 Å². The van der Waals surface area contributed by atoms with Crippen LogP contribution in [0, 0.1) is 10.1 Å². The fourth-order valence-corrected chi connectivity index (χ4v) is 2.25. The first-order valence-electron chi connectivity index (χ1n) is 7.60. The molecule has 0 N–H and O–H groups in total. The second kappa shape index (κ2) is 8.06.